The van der Waals surface area contributed by atoms with Crippen LogP contribution in [0.25, 0.3) is 10.9 Å². The van der Waals surface area contributed by atoms with Crippen LogP contribution >= 0.6 is 0 Å². The van der Waals surface area contributed by atoms with Gasteiger partial charge in [0.1, 0.15) is 5.60 Å². The summed E-state index contributed by atoms with van der Waals surface area (Å²) in [6.45, 7) is 6.01. The summed E-state index contributed by atoms with van der Waals surface area (Å²) in [4.78, 5) is 32.1. The molecule has 0 spiro atoms. The van der Waals surface area contributed by atoms with E-state index in [9.17, 15) is 9.59 Å². The number of carbonyl (C=O) groups is 2. The highest BCUT2D eigenvalue weighted by Gasteiger charge is 2.35. The second-order valence-electron chi connectivity index (χ2n) is 8.52. The molecule has 158 valence electrons. The van der Waals surface area contributed by atoms with Crippen molar-refractivity contribution >= 4 is 22.6 Å². The summed E-state index contributed by atoms with van der Waals surface area (Å²) in [5.74, 6) is -0.290. The maximum absolute atomic E-state index is 13.7. The number of nitrogens with zero attached hydrogens (tertiary/aromatic N) is 2. The predicted octanol–water partition coefficient (Wildman–Crippen LogP) is 4.98. The molecule has 5 nitrogen and oxygen atoms in total. The molecule has 2 heterocycles. The van der Waals surface area contributed by atoms with Crippen molar-refractivity contribution < 1.29 is 14.3 Å². The van der Waals surface area contributed by atoms with Gasteiger partial charge >= 0.3 is 0 Å². The average molecular weight is 415 g/mol. The number of rotatable bonds is 5. The fourth-order valence-corrected chi connectivity index (χ4v) is 4.00. The van der Waals surface area contributed by atoms with Gasteiger partial charge in [-0.25, -0.2) is 0 Å². The van der Waals surface area contributed by atoms with Gasteiger partial charge in [0, 0.05) is 30.6 Å². The molecule has 5 heteroatoms. The van der Waals surface area contributed by atoms with Crippen LogP contribution in [0.1, 0.15) is 44.4 Å². The summed E-state index contributed by atoms with van der Waals surface area (Å²) in [6, 6.07) is 19.5. The number of ketones is 1. The van der Waals surface area contributed by atoms with E-state index in [1.807, 2.05) is 81.4 Å². The molecule has 0 bridgehead atoms. The zero-order valence-corrected chi connectivity index (χ0v) is 18.0. The number of ether oxygens (including phenoxy) is 1. The Balaban J connectivity index is 1.74. The summed E-state index contributed by atoms with van der Waals surface area (Å²) in [7, 11) is 0. The Hall–Kier alpha value is -3.47. The Kier molecular flexibility index (Phi) is 5.59. The van der Waals surface area contributed by atoms with Gasteiger partial charge in [0.2, 0.25) is 0 Å². The van der Waals surface area contributed by atoms with Gasteiger partial charge in [0.15, 0.2) is 11.5 Å². The predicted molar refractivity (Wildman–Crippen MR) is 120 cm³/mol. The highest BCUT2D eigenvalue weighted by Crippen LogP contribution is 2.31. The smallest absolute Gasteiger partial charge is 0.289 e. The molecule has 0 fully saturated rings. The fraction of sp³-hybridized carbons (Fsp3) is 0.269. The summed E-state index contributed by atoms with van der Waals surface area (Å²) in [5.41, 5.74) is 2.17. The van der Waals surface area contributed by atoms with Gasteiger partial charge in [-0.2, -0.15) is 0 Å². The molecule has 1 aliphatic rings. The van der Waals surface area contributed by atoms with Crippen molar-refractivity contribution in [2.75, 3.05) is 0 Å². The normalized spacial score (nSPS) is 16.4. The lowest BCUT2D eigenvalue weighted by molar-refractivity contribution is -0.140. The Morgan fingerprint density at radius 2 is 1.81 bits per heavy atom. The van der Waals surface area contributed by atoms with Gasteiger partial charge in [-0.15, -0.1) is 0 Å². The molecular weight excluding hydrogens is 388 g/mol. The number of fused-ring (bicyclic) bond motifs is 1. The second-order valence-corrected chi connectivity index (χ2v) is 8.52. The molecule has 1 amide bonds. The molecule has 0 saturated carbocycles. The van der Waals surface area contributed by atoms with Gasteiger partial charge in [-0.05, 0) is 44.0 Å². The third kappa shape index (κ3) is 4.50. The Bertz CT molecular complexity index is 1150. The number of carbonyl (C=O) groups excluding carboxylic acids is 2. The minimum Gasteiger partial charge on any atom is -0.481 e. The number of allylic oxidation sites excluding steroid dienone is 1. The van der Waals surface area contributed by atoms with Crippen molar-refractivity contribution in [1.29, 1.82) is 0 Å². The number of aromatic nitrogens is 1. The zero-order valence-electron chi connectivity index (χ0n) is 18.0. The minimum atomic E-state index is -0.707. The lowest BCUT2D eigenvalue weighted by Crippen LogP contribution is -2.40. The first-order valence-corrected chi connectivity index (χ1v) is 10.5. The summed E-state index contributed by atoms with van der Waals surface area (Å²) >= 11 is 0. The van der Waals surface area contributed by atoms with Gasteiger partial charge in [-0.3, -0.25) is 14.6 Å². The first kappa shape index (κ1) is 20.8. The molecule has 0 unspecified atom stereocenters. The fourth-order valence-electron chi connectivity index (χ4n) is 4.00. The molecule has 31 heavy (non-hydrogen) atoms. The van der Waals surface area contributed by atoms with E-state index in [2.05, 4.69) is 4.98 Å². The second kappa shape index (κ2) is 8.34. The van der Waals surface area contributed by atoms with Crippen LogP contribution in [0.15, 0.2) is 78.7 Å². The number of para-hydroxylation sites is 1. The molecular formula is C26H26N2O3. The Labute approximate surface area is 182 Å². The van der Waals surface area contributed by atoms with E-state index in [1.165, 1.54) is 6.08 Å². The van der Waals surface area contributed by atoms with Crippen LogP contribution in [0.4, 0.5) is 0 Å². The number of hydrogen-bond acceptors (Lipinski definition) is 4. The Morgan fingerprint density at radius 1 is 1.10 bits per heavy atom. The average Bonchev–Trinajstić information content (AvgIpc) is 2.76. The van der Waals surface area contributed by atoms with Crippen molar-refractivity contribution in [2.45, 2.75) is 45.4 Å². The van der Waals surface area contributed by atoms with Crippen molar-refractivity contribution in [1.82, 2.24) is 9.88 Å². The monoisotopic (exact) mass is 414 g/mol. The number of hydrogen-bond donors (Lipinski definition) is 0. The number of amides is 1. The standard InChI is InChI=1S/C26H26N2O3/c1-18(19-9-5-4-6-10-19)28(25(30)24-15-21(29)16-26(2,3)31-24)17-20-13-14-27-23-12-8-7-11-22(20)23/h4-15,18H,16-17H2,1-3H3/t18-/m0/s1. The molecule has 1 aromatic heterocycles. The van der Waals surface area contributed by atoms with Gasteiger partial charge < -0.3 is 9.64 Å². The lowest BCUT2D eigenvalue weighted by Gasteiger charge is -2.35. The van der Waals surface area contributed by atoms with Crippen LogP contribution in [-0.4, -0.2) is 27.2 Å². The number of pyridine rings is 1. The first-order valence-electron chi connectivity index (χ1n) is 10.5. The molecule has 1 atom stereocenters. The SMILES string of the molecule is C[C@@H](c1ccccc1)N(Cc1ccnc2ccccc12)C(=O)C1=CC(=O)CC(C)(C)O1. The largest absolute Gasteiger partial charge is 0.481 e. The summed E-state index contributed by atoms with van der Waals surface area (Å²) in [6.07, 6.45) is 3.35. The highest BCUT2D eigenvalue weighted by molar-refractivity contribution is 6.02. The molecule has 2 aromatic carbocycles. The Morgan fingerprint density at radius 3 is 2.55 bits per heavy atom. The summed E-state index contributed by atoms with van der Waals surface area (Å²) in [5, 5.41) is 0.998. The van der Waals surface area contributed by atoms with E-state index in [0.29, 0.717) is 6.54 Å². The number of benzene rings is 2. The van der Waals surface area contributed by atoms with E-state index < -0.39 is 5.60 Å². The molecule has 0 aliphatic carbocycles. The van der Waals surface area contributed by atoms with Crippen LogP contribution in [-0.2, 0) is 20.9 Å². The van der Waals surface area contributed by atoms with Crippen molar-refractivity contribution in [2.24, 2.45) is 0 Å². The van der Waals surface area contributed by atoms with Gasteiger partial charge in [0.25, 0.3) is 5.91 Å². The topological polar surface area (TPSA) is 59.5 Å². The van der Waals surface area contributed by atoms with Crippen molar-refractivity contribution in [3.05, 3.63) is 89.8 Å². The van der Waals surface area contributed by atoms with Crippen molar-refractivity contribution in [3.8, 4) is 0 Å². The van der Waals surface area contributed by atoms with E-state index in [-0.39, 0.29) is 29.9 Å². The quantitative estimate of drug-likeness (QED) is 0.591. The van der Waals surface area contributed by atoms with Crippen LogP contribution in [0.3, 0.4) is 0 Å². The van der Waals surface area contributed by atoms with E-state index >= 15 is 0 Å². The maximum Gasteiger partial charge on any atom is 0.289 e. The third-order valence-corrected chi connectivity index (χ3v) is 5.58. The van der Waals surface area contributed by atoms with Crippen LogP contribution in [0.2, 0.25) is 0 Å². The molecule has 0 radical (unpaired) electrons. The van der Waals surface area contributed by atoms with E-state index in [4.69, 9.17) is 4.74 Å². The van der Waals surface area contributed by atoms with Gasteiger partial charge in [-0.1, -0.05) is 48.5 Å². The third-order valence-electron chi connectivity index (χ3n) is 5.58. The first-order chi connectivity index (χ1) is 14.8. The molecule has 1 aliphatic heterocycles. The molecule has 0 N–H and O–H groups in total. The van der Waals surface area contributed by atoms with Crippen molar-refractivity contribution in [3.63, 3.8) is 0 Å². The van der Waals surface area contributed by atoms with Crippen LogP contribution in [0, 0.1) is 0 Å². The molecule has 3 aromatic rings. The maximum atomic E-state index is 13.7. The van der Waals surface area contributed by atoms with E-state index in [1.54, 1.807) is 11.1 Å². The van der Waals surface area contributed by atoms with E-state index in [0.717, 1.165) is 22.0 Å². The van der Waals surface area contributed by atoms with Crippen LogP contribution < -0.4 is 0 Å². The lowest BCUT2D eigenvalue weighted by atomic mass is 9.97. The highest BCUT2D eigenvalue weighted by atomic mass is 16.5. The van der Waals surface area contributed by atoms with Crippen LogP contribution in [0.5, 0.6) is 0 Å². The minimum absolute atomic E-state index is 0.0960. The summed E-state index contributed by atoms with van der Waals surface area (Å²) < 4.78 is 5.93. The molecule has 0 saturated heterocycles. The van der Waals surface area contributed by atoms with Gasteiger partial charge in [0.05, 0.1) is 11.6 Å². The zero-order chi connectivity index (χ0) is 22.0. The molecule has 4 rings (SSSR count).